The average Bonchev–Trinajstić information content (AvgIpc) is 3.29. The zero-order valence-electron chi connectivity index (χ0n) is 18.6. The van der Waals surface area contributed by atoms with Crippen LogP contribution in [0, 0.1) is 0 Å². The van der Waals surface area contributed by atoms with E-state index in [2.05, 4.69) is 53.1 Å². The lowest BCUT2D eigenvalue weighted by molar-refractivity contribution is -0.129. The molecule has 5 rings (SSSR count). The highest BCUT2D eigenvalue weighted by atomic mass is 32.2. The standard InChI is InChI=1S/C28H27N3OS/c32-25(30-19-11-4-12-20-30)21-33-28-29-26(22-13-5-1-6-14-22)27(23-15-7-2-8-16-23)31(28)24-17-9-3-10-18-24/h1-3,5-10,13-18H,4,11-12,19-21H2. The molecule has 0 atom stereocenters. The summed E-state index contributed by atoms with van der Waals surface area (Å²) in [5.41, 5.74) is 5.18. The van der Waals surface area contributed by atoms with E-state index in [9.17, 15) is 4.79 Å². The second-order valence-electron chi connectivity index (χ2n) is 8.22. The van der Waals surface area contributed by atoms with E-state index in [1.807, 2.05) is 47.4 Å². The molecule has 0 saturated carbocycles. The number of hydrogen-bond donors (Lipinski definition) is 0. The molecule has 33 heavy (non-hydrogen) atoms. The number of nitrogens with zero attached hydrogens (tertiary/aromatic N) is 3. The predicted octanol–water partition coefficient (Wildman–Crippen LogP) is 6.31. The van der Waals surface area contributed by atoms with Crippen molar-refractivity contribution in [3.63, 3.8) is 0 Å². The Balaban J connectivity index is 1.60. The minimum absolute atomic E-state index is 0.199. The van der Waals surface area contributed by atoms with Gasteiger partial charge in [0, 0.05) is 29.9 Å². The summed E-state index contributed by atoms with van der Waals surface area (Å²) in [5, 5.41) is 0.837. The molecule has 0 N–H and O–H groups in total. The van der Waals surface area contributed by atoms with E-state index in [0.29, 0.717) is 5.75 Å². The summed E-state index contributed by atoms with van der Waals surface area (Å²) >= 11 is 1.53. The van der Waals surface area contributed by atoms with Crippen LogP contribution in [-0.4, -0.2) is 39.2 Å². The lowest BCUT2D eigenvalue weighted by Crippen LogP contribution is -2.36. The maximum absolute atomic E-state index is 12.9. The minimum Gasteiger partial charge on any atom is -0.342 e. The number of hydrogen-bond acceptors (Lipinski definition) is 3. The van der Waals surface area contributed by atoms with Gasteiger partial charge >= 0.3 is 0 Å². The number of para-hydroxylation sites is 1. The Bertz CT molecular complexity index is 1200. The number of piperidine rings is 1. The van der Waals surface area contributed by atoms with Crippen molar-refractivity contribution < 1.29 is 4.79 Å². The number of likely N-dealkylation sites (tertiary alicyclic amines) is 1. The number of carbonyl (C=O) groups is 1. The van der Waals surface area contributed by atoms with Crippen LogP contribution in [0.3, 0.4) is 0 Å². The molecule has 1 aliphatic heterocycles. The summed E-state index contributed by atoms with van der Waals surface area (Å²) in [5.74, 6) is 0.594. The molecule has 0 spiro atoms. The van der Waals surface area contributed by atoms with Gasteiger partial charge < -0.3 is 4.90 Å². The quantitative estimate of drug-likeness (QED) is 0.321. The molecule has 1 aromatic heterocycles. The van der Waals surface area contributed by atoms with Crippen LogP contribution in [0.1, 0.15) is 19.3 Å². The van der Waals surface area contributed by atoms with Crippen LogP contribution >= 0.6 is 11.8 Å². The SMILES string of the molecule is O=C(CSc1nc(-c2ccccc2)c(-c2ccccc2)n1-c1ccccc1)N1CCCCC1. The van der Waals surface area contributed by atoms with Crippen LogP contribution in [0.2, 0.25) is 0 Å². The van der Waals surface area contributed by atoms with Crippen LogP contribution in [0.15, 0.2) is 96.2 Å². The van der Waals surface area contributed by atoms with Gasteiger partial charge in [0.15, 0.2) is 5.16 Å². The summed E-state index contributed by atoms with van der Waals surface area (Å²) in [6, 6.07) is 31.0. The van der Waals surface area contributed by atoms with Gasteiger partial charge in [-0.05, 0) is 31.4 Å². The summed E-state index contributed by atoms with van der Waals surface area (Å²) in [7, 11) is 0. The molecule has 166 valence electrons. The Kier molecular flexibility index (Phi) is 6.58. The van der Waals surface area contributed by atoms with E-state index in [-0.39, 0.29) is 5.91 Å². The van der Waals surface area contributed by atoms with Crippen molar-refractivity contribution in [2.45, 2.75) is 24.4 Å². The van der Waals surface area contributed by atoms with E-state index in [0.717, 1.165) is 59.3 Å². The van der Waals surface area contributed by atoms with Crippen molar-refractivity contribution in [3.05, 3.63) is 91.0 Å². The maximum Gasteiger partial charge on any atom is 0.233 e. The number of imidazole rings is 1. The minimum atomic E-state index is 0.199. The molecule has 4 nitrogen and oxygen atoms in total. The smallest absolute Gasteiger partial charge is 0.233 e. The molecular weight excluding hydrogens is 426 g/mol. The molecule has 1 aliphatic rings. The molecule has 0 radical (unpaired) electrons. The Morgan fingerprint density at radius 3 is 1.97 bits per heavy atom. The Hall–Kier alpha value is -3.31. The highest BCUT2D eigenvalue weighted by Crippen LogP contribution is 2.38. The molecule has 5 heteroatoms. The van der Waals surface area contributed by atoms with Crippen LogP contribution in [0.5, 0.6) is 0 Å². The number of aromatic nitrogens is 2. The molecule has 0 aliphatic carbocycles. The van der Waals surface area contributed by atoms with E-state index >= 15 is 0 Å². The first-order valence-electron chi connectivity index (χ1n) is 11.5. The van der Waals surface area contributed by atoms with Crippen molar-refractivity contribution >= 4 is 17.7 Å². The lowest BCUT2D eigenvalue weighted by atomic mass is 10.0. The summed E-state index contributed by atoms with van der Waals surface area (Å²) in [6.45, 7) is 1.74. The number of benzene rings is 3. The number of rotatable bonds is 6. The lowest BCUT2D eigenvalue weighted by Gasteiger charge is -2.26. The topological polar surface area (TPSA) is 38.1 Å². The first-order chi connectivity index (χ1) is 16.3. The third-order valence-corrected chi connectivity index (χ3v) is 6.91. The van der Waals surface area contributed by atoms with Gasteiger partial charge in [-0.1, -0.05) is 90.6 Å². The fourth-order valence-corrected chi connectivity index (χ4v) is 5.25. The van der Waals surface area contributed by atoms with Gasteiger partial charge in [0.2, 0.25) is 5.91 Å². The van der Waals surface area contributed by atoms with E-state index < -0.39 is 0 Å². The normalized spacial score (nSPS) is 13.8. The van der Waals surface area contributed by atoms with E-state index in [1.165, 1.54) is 18.2 Å². The van der Waals surface area contributed by atoms with Crippen molar-refractivity contribution in [2.24, 2.45) is 0 Å². The van der Waals surface area contributed by atoms with Gasteiger partial charge in [0.25, 0.3) is 0 Å². The second kappa shape index (κ2) is 10.1. The monoisotopic (exact) mass is 453 g/mol. The molecule has 1 amide bonds. The summed E-state index contributed by atoms with van der Waals surface area (Å²) in [6.07, 6.45) is 3.42. The second-order valence-corrected chi connectivity index (χ2v) is 9.17. The zero-order valence-corrected chi connectivity index (χ0v) is 19.4. The van der Waals surface area contributed by atoms with Gasteiger partial charge in [0.05, 0.1) is 17.1 Å². The zero-order chi connectivity index (χ0) is 22.5. The third kappa shape index (κ3) is 4.74. The fourth-order valence-electron chi connectivity index (χ4n) is 4.33. The summed E-state index contributed by atoms with van der Waals surface area (Å²) in [4.78, 5) is 20.0. The Morgan fingerprint density at radius 1 is 0.758 bits per heavy atom. The average molecular weight is 454 g/mol. The highest BCUT2D eigenvalue weighted by molar-refractivity contribution is 7.99. The molecule has 1 fully saturated rings. The van der Waals surface area contributed by atoms with Gasteiger partial charge in [-0.25, -0.2) is 4.98 Å². The number of thioether (sulfide) groups is 1. The number of carbonyl (C=O) groups excluding carboxylic acids is 1. The molecule has 0 bridgehead atoms. The van der Waals surface area contributed by atoms with Crippen molar-refractivity contribution in [3.8, 4) is 28.2 Å². The summed E-state index contributed by atoms with van der Waals surface area (Å²) < 4.78 is 2.20. The van der Waals surface area contributed by atoms with Gasteiger partial charge in [-0.15, -0.1) is 0 Å². The highest BCUT2D eigenvalue weighted by Gasteiger charge is 2.23. The van der Waals surface area contributed by atoms with Crippen LogP contribution in [0.4, 0.5) is 0 Å². The molecule has 2 heterocycles. The third-order valence-electron chi connectivity index (χ3n) is 5.99. The van der Waals surface area contributed by atoms with E-state index in [1.54, 1.807) is 0 Å². The largest absolute Gasteiger partial charge is 0.342 e. The molecule has 0 unspecified atom stereocenters. The Morgan fingerprint density at radius 2 is 1.33 bits per heavy atom. The van der Waals surface area contributed by atoms with Gasteiger partial charge in [-0.3, -0.25) is 9.36 Å². The van der Waals surface area contributed by atoms with E-state index in [4.69, 9.17) is 4.98 Å². The van der Waals surface area contributed by atoms with Crippen molar-refractivity contribution in [2.75, 3.05) is 18.8 Å². The van der Waals surface area contributed by atoms with Crippen LogP contribution < -0.4 is 0 Å². The molecule has 3 aromatic carbocycles. The maximum atomic E-state index is 12.9. The Labute approximate surface area is 199 Å². The van der Waals surface area contributed by atoms with Gasteiger partial charge in [-0.2, -0.15) is 0 Å². The van der Waals surface area contributed by atoms with Crippen LogP contribution in [-0.2, 0) is 4.79 Å². The van der Waals surface area contributed by atoms with Crippen LogP contribution in [0.25, 0.3) is 28.2 Å². The number of amides is 1. The van der Waals surface area contributed by atoms with Crippen molar-refractivity contribution in [1.82, 2.24) is 14.5 Å². The molecule has 1 saturated heterocycles. The fraction of sp³-hybridized carbons (Fsp3) is 0.214. The van der Waals surface area contributed by atoms with Crippen molar-refractivity contribution in [1.29, 1.82) is 0 Å². The predicted molar refractivity (Wildman–Crippen MR) is 136 cm³/mol. The molecule has 4 aromatic rings. The van der Waals surface area contributed by atoms with Gasteiger partial charge in [0.1, 0.15) is 0 Å². The first kappa shape index (κ1) is 21.5. The first-order valence-corrected chi connectivity index (χ1v) is 12.5. The molecular formula is C28H27N3OS.